The van der Waals surface area contributed by atoms with E-state index in [4.69, 9.17) is 0 Å². The van der Waals surface area contributed by atoms with Crippen LogP contribution in [-0.2, 0) is 0 Å². The van der Waals surface area contributed by atoms with Crippen molar-refractivity contribution in [3.63, 3.8) is 0 Å². The van der Waals surface area contributed by atoms with E-state index in [-0.39, 0.29) is 0 Å². The maximum absolute atomic E-state index is 9.24. The van der Waals surface area contributed by atoms with Gasteiger partial charge in [-0.15, -0.1) is 0 Å². The van der Waals surface area contributed by atoms with E-state index in [2.05, 4.69) is 37.5 Å². The summed E-state index contributed by atoms with van der Waals surface area (Å²) in [5, 5.41) is 9.24. The lowest BCUT2D eigenvalue weighted by Crippen LogP contribution is -2.54. The number of nitrogens with zero attached hydrogens (tertiary/aromatic N) is 2. The van der Waals surface area contributed by atoms with Gasteiger partial charge in [0, 0.05) is 37.7 Å². The third-order valence-electron chi connectivity index (χ3n) is 3.07. The van der Waals surface area contributed by atoms with Crippen molar-refractivity contribution < 1.29 is 5.11 Å². The van der Waals surface area contributed by atoms with Gasteiger partial charge in [-0.1, -0.05) is 0 Å². The fourth-order valence-electron chi connectivity index (χ4n) is 1.93. The molecular formula is C11H24N2O. The molecule has 3 nitrogen and oxygen atoms in total. The Kier molecular flexibility index (Phi) is 4.35. The lowest BCUT2D eigenvalue weighted by atomic mass is 10.1. The molecule has 0 aliphatic carbocycles. The van der Waals surface area contributed by atoms with E-state index in [1.807, 2.05) is 0 Å². The Balaban J connectivity index is 2.56. The van der Waals surface area contributed by atoms with Gasteiger partial charge in [-0.25, -0.2) is 0 Å². The molecule has 1 heterocycles. The second-order valence-corrected chi connectivity index (χ2v) is 4.92. The molecule has 0 saturated carbocycles. The van der Waals surface area contributed by atoms with Crippen LogP contribution in [0.5, 0.6) is 0 Å². The second-order valence-electron chi connectivity index (χ2n) is 4.92. The molecule has 14 heavy (non-hydrogen) atoms. The van der Waals surface area contributed by atoms with Crippen LogP contribution < -0.4 is 0 Å². The molecule has 1 fully saturated rings. The molecule has 0 aromatic heterocycles. The fraction of sp³-hybridized carbons (Fsp3) is 1.00. The first kappa shape index (κ1) is 12.0. The van der Waals surface area contributed by atoms with Crippen LogP contribution in [0.15, 0.2) is 0 Å². The van der Waals surface area contributed by atoms with Gasteiger partial charge < -0.3 is 5.11 Å². The van der Waals surface area contributed by atoms with Gasteiger partial charge in [-0.05, 0) is 27.7 Å². The van der Waals surface area contributed by atoms with Crippen LogP contribution in [0.25, 0.3) is 0 Å². The molecule has 1 aliphatic heterocycles. The SMILES string of the molecule is CC(C)N1CC(CO)CN(C(C)C)C1. The van der Waals surface area contributed by atoms with Gasteiger partial charge in [0.1, 0.15) is 0 Å². The molecule has 0 bridgehead atoms. The van der Waals surface area contributed by atoms with Crippen molar-refractivity contribution in [3.05, 3.63) is 0 Å². The summed E-state index contributed by atoms with van der Waals surface area (Å²) in [5.74, 6) is 0.425. The maximum atomic E-state index is 9.24. The van der Waals surface area contributed by atoms with Gasteiger partial charge in [0.15, 0.2) is 0 Å². The highest BCUT2D eigenvalue weighted by Crippen LogP contribution is 2.16. The smallest absolute Gasteiger partial charge is 0.0511 e. The molecule has 0 aromatic rings. The summed E-state index contributed by atoms with van der Waals surface area (Å²) >= 11 is 0. The predicted molar refractivity (Wildman–Crippen MR) is 59.1 cm³/mol. The summed E-state index contributed by atoms with van der Waals surface area (Å²) in [6, 6.07) is 1.15. The third kappa shape index (κ3) is 2.94. The van der Waals surface area contributed by atoms with Crippen molar-refractivity contribution in [1.82, 2.24) is 9.80 Å². The molecule has 1 aliphatic rings. The zero-order valence-corrected chi connectivity index (χ0v) is 9.90. The summed E-state index contributed by atoms with van der Waals surface area (Å²) in [6.07, 6.45) is 0. The van der Waals surface area contributed by atoms with E-state index in [1.54, 1.807) is 0 Å². The standard InChI is InChI=1S/C11H24N2O/c1-9(2)12-5-11(7-14)6-13(8-12)10(3)4/h9-11,14H,5-8H2,1-4H3. The van der Waals surface area contributed by atoms with Gasteiger partial charge in [-0.2, -0.15) is 0 Å². The van der Waals surface area contributed by atoms with Crippen molar-refractivity contribution in [2.24, 2.45) is 5.92 Å². The quantitative estimate of drug-likeness (QED) is 0.736. The van der Waals surface area contributed by atoms with E-state index >= 15 is 0 Å². The summed E-state index contributed by atoms with van der Waals surface area (Å²) in [6.45, 7) is 12.3. The number of aliphatic hydroxyl groups excluding tert-OH is 1. The normalized spacial score (nSPS) is 22.5. The largest absolute Gasteiger partial charge is 0.396 e. The first-order valence-corrected chi connectivity index (χ1v) is 5.63. The van der Waals surface area contributed by atoms with Crippen molar-refractivity contribution in [3.8, 4) is 0 Å². The predicted octanol–water partition coefficient (Wildman–Crippen LogP) is 0.987. The lowest BCUT2D eigenvalue weighted by molar-refractivity contribution is -0.00603. The van der Waals surface area contributed by atoms with E-state index in [0.29, 0.717) is 24.6 Å². The molecule has 0 radical (unpaired) electrons. The molecule has 84 valence electrons. The van der Waals surface area contributed by atoms with Crippen LogP contribution in [0.3, 0.4) is 0 Å². The highest BCUT2D eigenvalue weighted by Gasteiger charge is 2.27. The van der Waals surface area contributed by atoms with Crippen molar-refractivity contribution in [2.45, 2.75) is 39.8 Å². The monoisotopic (exact) mass is 200 g/mol. The van der Waals surface area contributed by atoms with Crippen LogP contribution in [0.4, 0.5) is 0 Å². The Bertz CT molecular complexity index is 155. The molecule has 1 N–H and O–H groups in total. The molecule has 0 amide bonds. The van der Waals surface area contributed by atoms with Gasteiger partial charge >= 0.3 is 0 Å². The van der Waals surface area contributed by atoms with Crippen molar-refractivity contribution in [2.75, 3.05) is 26.4 Å². The molecule has 1 saturated heterocycles. The maximum Gasteiger partial charge on any atom is 0.0511 e. The van der Waals surface area contributed by atoms with E-state index in [0.717, 1.165) is 19.8 Å². The lowest BCUT2D eigenvalue weighted by Gasteiger charge is -2.43. The summed E-state index contributed by atoms with van der Waals surface area (Å²) in [7, 11) is 0. The summed E-state index contributed by atoms with van der Waals surface area (Å²) in [5.41, 5.74) is 0. The molecule has 0 atom stereocenters. The van der Waals surface area contributed by atoms with Gasteiger partial charge in [0.2, 0.25) is 0 Å². The Morgan fingerprint density at radius 2 is 1.50 bits per heavy atom. The van der Waals surface area contributed by atoms with Crippen LogP contribution in [-0.4, -0.2) is 53.4 Å². The van der Waals surface area contributed by atoms with Gasteiger partial charge in [-0.3, -0.25) is 9.80 Å². The summed E-state index contributed by atoms with van der Waals surface area (Å²) in [4.78, 5) is 4.87. The molecule has 0 spiro atoms. The average molecular weight is 200 g/mol. The zero-order valence-electron chi connectivity index (χ0n) is 9.90. The van der Waals surface area contributed by atoms with Gasteiger partial charge in [0.25, 0.3) is 0 Å². The molecule has 0 unspecified atom stereocenters. The molecule has 0 aromatic carbocycles. The number of aliphatic hydroxyl groups is 1. The third-order valence-corrected chi connectivity index (χ3v) is 3.07. The first-order valence-electron chi connectivity index (χ1n) is 5.63. The van der Waals surface area contributed by atoms with Crippen LogP contribution in [0.1, 0.15) is 27.7 Å². The highest BCUT2D eigenvalue weighted by molar-refractivity contribution is 4.79. The molecule has 1 rings (SSSR count). The number of rotatable bonds is 3. The number of hydrogen-bond acceptors (Lipinski definition) is 3. The summed E-state index contributed by atoms with van der Waals surface area (Å²) < 4.78 is 0. The minimum atomic E-state index is 0.312. The highest BCUT2D eigenvalue weighted by atomic mass is 16.3. The molecule has 3 heteroatoms. The van der Waals surface area contributed by atoms with Crippen molar-refractivity contribution >= 4 is 0 Å². The minimum absolute atomic E-state index is 0.312. The first-order chi connectivity index (χ1) is 6.54. The van der Waals surface area contributed by atoms with E-state index in [9.17, 15) is 5.11 Å². The minimum Gasteiger partial charge on any atom is -0.396 e. The Hall–Kier alpha value is -0.120. The van der Waals surface area contributed by atoms with Gasteiger partial charge in [0.05, 0.1) is 6.67 Å². The fourth-order valence-corrected chi connectivity index (χ4v) is 1.93. The van der Waals surface area contributed by atoms with Crippen LogP contribution in [0, 0.1) is 5.92 Å². The Morgan fingerprint density at radius 1 is 1.07 bits per heavy atom. The Morgan fingerprint density at radius 3 is 1.79 bits per heavy atom. The van der Waals surface area contributed by atoms with E-state index < -0.39 is 0 Å². The second kappa shape index (κ2) is 5.10. The zero-order chi connectivity index (χ0) is 10.7. The number of hydrogen-bond donors (Lipinski definition) is 1. The average Bonchev–Trinajstić information content (AvgIpc) is 2.16. The van der Waals surface area contributed by atoms with Crippen LogP contribution in [0.2, 0.25) is 0 Å². The Labute approximate surface area is 87.7 Å². The molecular weight excluding hydrogens is 176 g/mol. The topological polar surface area (TPSA) is 26.7 Å². The van der Waals surface area contributed by atoms with E-state index in [1.165, 1.54) is 0 Å². The van der Waals surface area contributed by atoms with Crippen molar-refractivity contribution in [1.29, 1.82) is 0 Å². The van der Waals surface area contributed by atoms with Crippen LogP contribution >= 0.6 is 0 Å².